The Kier molecular flexibility index (Phi) is 6.94. The molecule has 0 bridgehead atoms. The van der Waals surface area contributed by atoms with Crippen LogP contribution in [0.3, 0.4) is 0 Å². The zero-order valence-corrected chi connectivity index (χ0v) is 10.3. The van der Waals surface area contributed by atoms with Crippen molar-refractivity contribution in [2.24, 2.45) is 0 Å². The second-order valence-corrected chi connectivity index (χ2v) is 3.52. The molecule has 0 radical (unpaired) electrons. The molecule has 0 saturated carbocycles. The number of hydrogen-bond acceptors (Lipinski definition) is 4. The van der Waals surface area contributed by atoms with Gasteiger partial charge < -0.3 is 10.2 Å². The van der Waals surface area contributed by atoms with Gasteiger partial charge in [0.15, 0.2) is 0 Å². The first-order valence-electron chi connectivity index (χ1n) is 2.91. The van der Waals surface area contributed by atoms with Crippen LogP contribution < -0.4 is 0 Å². The summed E-state index contributed by atoms with van der Waals surface area (Å²) in [4.78, 5) is -0.706. The third-order valence-electron chi connectivity index (χ3n) is 1.22. The largest absolute Gasteiger partial charge is 0.508 e. The minimum atomic E-state index is -4.47. The molecule has 0 aliphatic rings. The maximum atomic E-state index is 10.5. The van der Waals surface area contributed by atoms with E-state index in [1.54, 1.807) is 0 Å². The Morgan fingerprint density at radius 2 is 1.64 bits per heavy atom. The summed E-state index contributed by atoms with van der Waals surface area (Å²) >= 11 is 0. The second kappa shape index (κ2) is 5.87. The quantitative estimate of drug-likeness (QED) is 0.364. The molecule has 0 aliphatic carbocycles. The molecule has 1 rings (SSSR count). The van der Waals surface area contributed by atoms with Crippen molar-refractivity contribution >= 4 is 33.2 Å². The summed E-state index contributed by atoms with van der Waals surface area (Å²) in [7, 11) is -4.47. The molecule has 0 amide bonds. The topological polar surface area (TPSA) is 94.8 Å². The van der Waals surface area contributed by atoms with E-state index in [0.29, 0.717) is 0 Å². The zero-order chi connectivity index (χ0) is 9.35. The van der Waals surface area contributed by atoms with Crippen LogP contribution in [0.15, 0.2) is 23.1 Å². The Morgan fingerprint density at radius 3 is 2.00 bits per heavy atom. The first kappa shape index (κ1) is 16.5. The molecule has 0 fully saturated rings. The molecule has 72 valence electrons. The van der Waals surface area contributed by atoms with Crippen LogP contribution in [0, 0.1) is 0 Å². The van der Waals surface area contributed by atoms with Gasteiger partial charge in [-0.15, -0.1) is 0 Å². The van der Waals surface area contributed by atoms with E-state index < -0.39 is 20.8 Å². The van der Waals surface area contributed by atoms with Crippen molar-refractivity contribution in [3.63, 3.8) is 0 Å². The number of rotatable bonds is 1. The Hall–Kier alpha value is 0.120. The third kappa shape index (κ3) is 4.10. The van der Waals surface area contributed by atoms with Crippen LogP contribution in [-0.2, 0) is 29.6 Å². The fraction of sp³-hybridized carbons (Fsp3) is 0. The van der Waals surface area contributed by atoms with Crippen LogP contribution in [0.1, 0.15) is 0 Å². The van der Waals surface area contributed by atoms with Crippen LogP contribution in [0.2, 0.25) is 0 Å². The molecule has 1 aromatic rings. The average molecular weight is 282 g/mol. The van der Waals surface area contributed by atoms with Crippen molar-refractivity contribution in [1.82, 2.24) is 0 Å². The maximum Gasteiger partial charge on any atom is 0.316 e. The summed E-state index contributed by atoms with van der Waals surface area (Å²) in [6.45, 7) is 0. The van der Waals surface area contributed by atoms with Crippen molar-refractivity contribution < 1.29 is 42.7 Å². The molecule has 8 heteroatoms. The van der Waals surface area contributed by atoms with Gasteiger partial charge in [-0.2, -0.15) is 8.42 Å². The molecule has 0 aromatic heterocycles. The molecule has 1 aromatic carbocycles. The van der Waals surface area contributed by atoms with Gasteiger partial charge in [-0.3, -0.25) is 4.55 Å². The standard InChI is InChI=1S/C6H6O5S.Mg.Zn.2H/c7-4-1-2-5(8)6(3-4)12(9,10)11;;;;/h1-3,7-8H,(H,9,10,11);;;;. The molecule has 0 aliphatic heterocycles. The summed E-state index contributed by atoms with van der Waals surface area (Å²) in [5.74, 6) is -0.948. The van der Waals surface area contributed by atoms with Gasteiger partial charge in [0, 0.05) is 25.5 Å². The molecule has 0 atom stereocenters. The first-order chi connectivity index (χ1) is 5.41. The summed E-state index contributed by atoms with van der Waals surface area (Å²) in [5, 5.41) is 17.7. The average Bonchev–Trinajstić information content (AvgIpc) is 1.92. The van der Waals surface area contributed by atoms with Gasteiger partial charge in [-0.1, -0.05) is 0 Å². The molecule has 0 unspecified atom stereocenters. The normalized spacial score (nSPS) is 9.79. The van der Waals surface area contributed by atoms with E-state index in [1.807, 2.05) is 0 Å². The molecular weight excluding hydrogens is 274 g/mol. The van der Waals surface area contributed by atoms with Crippen LogP contribution in [0.4, 0.5) is 0 Å². The van der Waals surface area contributed by atoms with E-state index in [0.717, 1.165) is 18.2 Å². The van der Waals surface area contributed by atoms with Gasteiger partial charge >= 0.3 is 23.1 Å². The second-order valence-electron chi connectivity index (χ2n) is 2.13. The maximum absolute atomic E-state index is 10.5. The van der Waals surface area contributed by atoms with E-state index in [2.05, 4.69) is 0 Å². The minimum absolute atomic E-state index is 0. The predicted molar refractivity (Wildman–Crippen MR) is 48.1 cm³/mol. The minimum Gasteiger partial charge on any atom is -0.508 e. The third-order valence-corrected chi connectivity index (χ3v) is 2.10. The smallest absolute Gasteiger partial charge is 0.316 e. The van der Waals surface area contributed by atoms with Gasteiger partial charge in [-0.25, -0.2) is 0 Å². The number of phenols is 2. The number of aromatic hydroxyl groups is 2. The summed E-state index contributed by atoms with van der Waals surface area (Å²) in [6.07, 6.45) is 0. The van der Waals surface area contributed by atoms with Gasteiger partial charge in [-0.05, 0) is 12.1 Å². The predicted octanol–water partition coefficient (Wildman–Crippen LogP) is -0.574. The van der Waals surface area contributed by atoms with Gasteiger partial charge in [0.1, 0.15) is 16.4 Å². The Balaban J connectivity index is 0. The Bertz CT molecular complexity index is 405. The monoisotopic (exact) mass is 280 g/mol. The fourth-order valence-corrected chi connectivity index (χ4v) is 1.31. The Morgan fingerprint density at radius 1 is 1.14 bits per heavy atom. The molecule has 14 heavy (non-hydrogen) atoms. The molecule has 0 heterocycles. The summed E-state index contributed by atoms with van der Waals surface area (Å²) < 4.78 is 29.5. The van der Waals surface area contributed by atoms with Crippen molar-refractivity contribution in [3.8, 4) is 11.5 Å². The van der Waals surface area contributed by atoms with Crippen molar-refractivity contribution in [1.29, 1.82) is 0 Å². The van der Waals surface area contributed by atoms with E-state index in [9.17, 15) is 8.42 Å². The van der Waals surface area contributed by atoms with Gasteiger partial charge in [0.2, 0.25) is 0 Å². The SMILES string of the molecule is O=S(=O)(O)c1cc(O)ccc1O.[MgH2].[Zn]. The van der Waals surface area contributed by atoms with Crippen LogP contribution in [0.5, 0.6) is 11.5 Å². The molecule has 0 spiro atoms. The molecular formula is C6H8MgO5SZn. The molecule has 3 N–H and O–H groups in total. The number of phenolic OH excluding ortho intramolecular Hbond substituents is 2. The molecule has 0 saturated heterocycles. The number of benzene rings is 1. The Labute approximate surface area is 110 Å². The number of hydrogen-bond donors (Lipinski definition) is 3. The zero-order valence-electron chi connectivity index (χ0n) is 6.51. The van der Waals surface area contributed by atoms with Gasteiger partial charge in [0.05, 0.1) is 0 Å². The first-order valence-corrected chi connectivity index (χ1v) is 4.35. The summed E-state index contributed by atoms with van der Waals surface area (Å²) in [5.41, 5.74) is 0. The van der Waals surface area contributed by atoms with E-state index in [4.69, 9.17) is 14.8 Å². The van der Waals surface area contributed by atoms with Crippen LogP contribution >= 0.6 is 0 Å². The van der Waals surface area contributed by atoms with Gasteiger partial charge in [0.25, 0.3) is 10.1 Å². The van der Waals surface area contributed by atoms with Crippen molar-refractivity contribution in [3.05, 3.63) is 18.2 Å². The van der Waals surface area contributed by atoms with E-state index in [-0.39, 0.29) is 48.3 Å². The van der Waals surface area contributed by atoms with Crippen LogP contribution in [0.25, 0.3) is 0 Å². The fourth-order valence-electron chi connectivity index (χ4n) is 0.709. The van der Waals surface area contributed by atoms with Crippen LogP contribution in [-0.4, -0.2) is 46.2 Å². The van der Waals surface area contributed by atoms with E-state index >= 15 is 0 Å². The molecule has 5 nitrogen and oxygen atoms in total. The van der Waals surface area contributed by atoms with E-state index in [1.165, 1.54) is 0 Å². The van der Waals surface area contributed by atoms with Crippen molar-refractivity contribution in [2.45, 2.75) is 4.90 Å². The summed E-state index contributed by atoms with van der Waals surface area (Å²) in [6, 6.07) is 2.83. The van der Waals surface area contributed by atoms with Crippen molar-refractivity contribution in [2.75, 3.05) is 0 Å².